The summed E-state index contributed by atoms with van der Waals surface area (Å²) in [5.74, 6) is -1.18. The van der Waals surface area contributed by atoms with E-state index in [1.54, 1.807) is 19.9 Å². The number of hydrogen-bond acceptors (Lipinski definition) is 6. The molecule has 0 radical (unpaired) electrons. The topological polar surface area (TPSA) is 129 Å². The number of aromatic nitrogens is 1. The standard InChI is InChI=1S/C12H14N4O4/c1-7(2)9(5-10(17)18)15-12-11(16(19)20)8(6-13)3-4-14-12/h3-4,7,9H,5H2,1-2H3,(H,14,15)(H,17,18). The zero-order valence-electron chi connectivity index (χ0n) is 11.0. The Morgan fingerprint density at radius 1 is 1.65 bits per heavy atom. The van der Waals surface area contributed by atoms with Gasteiger partial charge in [0.2, 0.25) is 5.82 Å². The summed E-state index contributed by atoms with van der Waals surface area (Å²) in [4.78, 5) is 25.0. The van der Waals surface area contributed by atoms with Crippen molar-refractivity contribution >= 4 is 17.5 Å². The Bertz CT molecular complexity index is 565. The molecule has 1 rings (SSSR count). The van der Waals surface area contributed by atoms with Crippen molar-refractivity contribution in [1.82, 2.24) is 4.98 Å². The summed E-state index contributed by atoms with van der Waals surface area (Å²) in [6, 6.07) is 2.44. The van der Waals surface area contributed by atoms with Crippen molar-refractivity contribution in [1.29, 1.82) is 5.26 Å². The van der Waals surface area contributed by atoms with Gasteiger partial charge in [-0.1, -0.05) is 13.8 Å². The molecule has 20 heavy (non-hydrogen) atoms. The van der Waals surface area contributed by atoms with E-state index in [2.05, 4.69) is 10.3 Å². The minimum absolute atomic E-state index is 0.0711. The Labute approximate surface area is 115 Å². The molecule has 0 aliphatic rings. The number of rotatable bonds is 6. The van der Waals surface area contributed by atoms with E-state index < -0.39 is 22.6 Å². The minimum atomic E-state index is -1.02. The van der Waals surface area contributed by atoms with Gasteiger partial charge in [0.1, 0.15) is 11.6 Å². The van der Waals surface area contributed by atoms with Gasteiger partial charge in [-0.25, -0.2) is 4.98 Å². The first-order chi connectivity index (χ1) is 9.36. The molecule has 8 heteroatoms. The first-order valence-electron chi connectivity index (χ1n) is 5.88. The molecule has 1 unspecified atom stereocenters. The molecule has 0 aromatic carbocycles. The van der Waals surface area contributed by atoms with Crippen molar-refractivity contribution in [3.63, 3.8) is 0 Å². The van der Waals surface area contributed by atoms with Gasteiger partial charge in [0.05, 0.1) is 11.3 Å². The van der Waals surface area contributed by atoms with E-state index in [9.17, 15) is 14.9 Å². The fourth-order valence-electron chi connectivity index (χ4n) is 1.65. The minimum Gasteiger partial charge on any atom is -0.481 e. The summed E-state index contributed by atoms with van der Waals surface area (Å²) in [6.07, 6.45) is 1.07. The van der Waals surface area contributed by atoms with E-state index in [4.69, 9.17) is 10.4 Å². The van der Waals surface area contributed by atoms with Crippen LogP contribution in [0.5, 0.6) is 0 Å². The molecule has 0 spiro atoms. The Morgan fingerprint density at radius 3 is 2.75 bits per heavy atom. The number of aliphatic carboxylic acids is 1. The maximum atomic E-state index is 11.0. The molecule has 1 heterocycles. The van der Waals surface area contributed by atoms with Gasteiger partial charge < -0.3 is 10.4 Å². The van der Waals surface area contributed by atoms with Crippen LogP contribution in [0.25, 0.3) is 0 Å². The lowest BCUT2D eigenvalue weighted by molar-refractivity contribution is -0.384. The highest BCUT2D eigenvalue weighted by atomic mass is 16.6. The van der Waals surface area contributed by atoms with Gasteiger partial charge in [-0.3, -0.25) is 14.9 Å². The second-order valence-corrected chi connectivity index (χ2v) is 4.52. The van der Waals surface area contributed by atoms with E-state index in [1.807, 2.05) is 0 Å². The number of carboxylic acids is 1. The molecular formula is C12H14N4O4. The van der Waals surface area contributed by atoms with Crippen molar-refractivity contribution in [2.24, 2.45) is 5.92 Å². The summed E-state index contributed by atoms with van der Waals surface area (Å²) in [5, 5.41) is 31.5. The van der Waals surface area contributed by atoms with Gasteiger partial charge in [-0.05, 0) is 12.0 Å². The summed E-state index contributed by atoms with van der Waals surface area (Å²) in [6.45, 7) is 3.58. The van der Waals surface area contributed by atoms with E-state index in [0.717, 1.165) is 0 Å². The van der Waals surface area contributed by atoms with Crippen LogP contribution in [0.3, 0.4) is 0 Å². The van der Waals surface area contributed by atoms with E-state index in [-0.39, 0.29) is 23.7 Å². The summed E-state index contributed by atoms with van der Waals surface area (Å²) >= 11 is 0. The van der Waals surface area contributed by atoms with E-state index in [1.165, 1.54) is 12.3 Å². The molecule has 1 atom stereocenters. The highest BCUT2D eigenvalue weighted by Crippen LogP contribution is 2.27. The molecule has 0 saturated carbocycles. The molecule has 0 saturated heterocycles. The number of anilines is 1. The fourth-order valence-corrected chi connectivity index (χ4v) is 1.65. The third-order valence-corrected chi connectivity index (χ3v) is 2.75. The number of nitrogens with one attached hydrogen (secondary N) is 1. The van der Waals surface area contributed by atoms with E-state index in [0.29, 0.717) is 0 Å². The zero-order valence-corrected chi connectivity index (χ0v) is 11.0. The Morgan fingerprint density at radius 2 is 2.30 bits per heavy atom. The van der Waals surface area contributed by atoms with Crippen LogP contribution in [-0.2, 0) is 4.79 Å². The van der Waals surface area contributed by atoms with Crippen molar-refractivity contribution < 1.29 is 14.8 Å². The number of nitriles is 1. The second-order valence-electron chi connectivity index (χ2n) is 4.52. The largest absolute Gasteiger partial charge is 0.481 e. The summed E-state index contributed by atoms with van der Waals surface area (Å²) < 4.78 is 0. The smallest absolute Gasteiger partial charge is 0.328 e. The molecule has 1 aromatic rings. The van der Waals surface area contributed by atoms with Crippen LogP contribution in [0.15, 0.2) is 12.3 Å². The first-order valence-corrected chi connectivity index (χ1v) is 5.88. The molecule has 0 amide bonds. The molecule has 0 aliphatic carbocycles. The van der Waals surface area contributed by atoms with Crippen molar-refractivity contribution in [2.75, 3.05) is 5.32 Å². The Kier molecular flexibility index (Phi) is 4.97. The second kappa shape index (κ2) is 6.47. The molecule has 8 nitrogen and oxygen atoms in total. The van der Waals surface area contributed by atoms with Crippen molar-refractivity contribution in [3.8, 4) is 6.07 Å². The molecule has 0 fully saturated rings. The lowest BCUT2D eigenvalue weighted by Crippen LogP contribution is -2.29. The molecule has 106 valence electrons. The fraction of sp³-hybridized carbons (Fsp3) is 0.417. The van der Waals surface area contributed by atoms with Gasteiger partial charge in [-0.2, -0.15) is 5.26 Å². The normalized spacial score (nSPS) is 11.7. The van der Waals surface area contributed by atoms with Crippen LogP contribution in [0.4, 0.5) is 11.5 Å². The number of carbonyl (C=O) groups is 1. The lowest BCUT2D eigenvalue weighted by atomic mass is 10.0. The number of carboxylic acid groups (broad SMARTS) is 1. The van der Waals surface area contributed by atoms with Gasteiger partial charge in [0.25, 0.3) is 0 Å². The maximum absolute atomic E-state index is 11.0. The predicted molar refractivity (Wildman–Crippen MR) is 70.1 cm³/mol. The lowest BCUT2D eigenvalue weighted by Gasteiger charge is -2.21. The monoisotopic (exact) mass is 278 g/mol. The van der Waals surface area contributed by atoms with Gasteiger partial charge >= 0.3 is 11.7 Å². The molecule has 0 bridgehead atoms. The Hall–Kier alpha value is -2.69. The first kappa shape index (κ1) is 15.4. The number of hydrogen-bond donors (Lipinski definition) is 2. The van der Waals surface area contributed by atoms with Crippen LogP contribution in [0, 0.1) is 27.4 Å². The van der Waals surface area contributed by atoms with Crippen LogP contribution in [-0.4, -0.2) is 27.0 Å². The van der Waals surface area contributed by atoms with Gasteiger partial charge in [0, 0.05) is 12.2 Å². The van der Waals surface area contributed by atoms with Gasteiger partial charge in [0.15, 0.2) is 0 Å². The number of nitro groups is 1. The Balaban J connectivity index is 3.16. The number of nitrogens with zero attached hydrogens (tertiary/aromatic N) is 3. The average molecular weight is 278 g/mol. The maximum Gasteiger partial charge on any atom is 0.328 e. The quantitative estimate of drug-likeness (QED) is 0.599. The van der Waals surface area contributed by atoms with Crippen molar-refractivity contribution in [2.45, 2.75) is 26.3 Å². The summed E-state index contributed by atoms with van der Waals surface area (Å²) in [7, 11) is 0. The van der Waals surface area contributed by atoms with Crippen LogP contribution < -0.4 is 5.32 Å². The third kappa shape index (κ3) is 3.65. The molecule has 2 N–H and O–H groups in total. The predicted octanol–water partition coefficient (Wildman–Crippen LogP) is 1.77. The van der Waals surface area contributed by atoms with Crippen molar-refractivity contribution in [3.05, 3.63) is 27.9 Å². The summed E-state index contributed by atoms with van der Waals surface area (Å²) in [5.41, 5.74) is -0.559. The zero-order chi connectivity index (χ0) is 15.3. The SMILES string of the molecule is CC(C)C(CC(=O)O)Nc1nccc(C#N)c1[N+](=O)[O-]. The highest BCUT2D eigenvalue weighted by Gasteiger charge is 2.25. The third-order valence-electron chi connectivity index (χ3n) is 2.75. The molecular weight excluding hydrogens is 264 g/mol. The molecule has 1 aromatic heterocycles. The van der Waals surface area contributed by atoms with Crippen LogP contribution in [0.2, 0.25) is 0 Å². The van der Waals surface area contributed by atoms with Gasteiger partial charge in [-0.15, -0.1) is 0 Å². The average Bonchev–Trinajstić information content (AvgIpc) is 2.36. The van der Waals surface area contributed by atoms with E-state index >= 15 is 0 Å². The highest BCUT2D eigenvalue weighted by molar-refractivity contribution is 5.69. The van der Waals surface area contributed by atoms with Crippen LogP contribution >= 0.6 is 0 Å². The molecule has 0 aliphatic heterocycles. The van der Waals surface area contributed by atoms with Crippen LogP contribution in [0.1, 0.15) is 25.8 Å². The number of pyridine rings is 1.